The molecule has 1 unspecified atom stereocenters. The molecule has 0 aromatic heterocycles. The van der Waals surface area contributed by atoms with E-state index in [1.54, 1.807) is 6.92 Å². The van der Waals surface area contributed by atoms with Gasteiger partial charge in [0.2, 0.25) is 5.91 Å². The molecule has 1 rings (SSSR count). The number of carboxylic acid groups (broad SMARTS) is 1. The maximum absolute atomic E-state index is 13.2. The van der Waals surface area contributed by atoms with Crippen LogP contribution in [0.4, 0.5) is 4.39 Å². The number of carbonyl (C=O) groups is 2. The highest BCUT2D eigenvalue weighted by atomic mass is 79.9. The molecule has 1 aromatic carbocycles. The molecule has 0 saturated heterocycles. The number of nitrogens with one attached hydrogen (secondary N) is 1. The molecular weight excluding hydrogens is 341 g/mol. The van der Waals surface area contributed by atoms with Gasteiger partial charge in [0.15, 0.2) is 0 Å². The van der Waals surface area contributed by atoms with Gasteiger partial charge in [0.05, 0.1) is 12.8 Å². The van der Waals surface area contributed by atoms with Crippen molar-refractivity contribution in [3.8, 4) is 0 Å². The smallest absolute Gasteiger partial charge is 0.305 e. The number of amides is 1. The van der Waals surface area contributed by atoms with Crippen LogP contribution in [0, 0.1) is 11.7 Å². The monoisotopic (exact) mass is 359 g/mol. The van der Waals surface area contributed by atoms with Crippen LogP contribution in [0.25, 0.3) is 0 Å². The Morgan fingerprint density at radius 2 is 2.05 bits per heavy atom. The molecule has 21 heavy (non-hydrogen) atoms. The Morgan fingerprint density at radius 3 is 2.57 bits per heavy atom. The summed E-state index contributed by atoms with van der Waals surface area (Å²) in [6.45, 7) is 5.40. The first-order chi connectivity index (χ1) is 9.64. The van der Waals surface area contributed by atoms with E-state index in [0.29, 0.717) is 10.0 Å². The van der Waals surface area contributed by atoms with E-state index >= 15 is 0 Å². The molecule has 0 bridgehead atoms. The number of aliphatic carboxylic acids is 1. The van der Waals surface area contributed by atoms with Crippen molar-refractivity contribution in [2.24, 2.45) is 5.92 Å². The van der Waals surface area contributed by atoms with Crippen LogP contribution in [0.15, 0.2) is 22.7 Å². The highest BCUT2D eigenvalue weighted by Crippen LogP contribution is 2.22. The van der Waals surface area contributed by atoms with Crippen LogP contribution in [0.3, 0.4) is 0 Å². The Bertz CT molecular complexity index is 548. The minimum Gasteiger partial charge on any atom is -0.481 e. The normalized spacial score (nSPS) is 13.8. The average molecular weight is 360 g/mol. The molecule has 0 aliphatic rings. The fraction of sp³-hybridized carbons (Fsp3) is 0.467. The molecule has 116 valence electrons. The molecule has 6 heteroatoms. The molecule has 1 amide bonds. The maximum Gasteiger partial charge on any atom is 0.305 e. The summed E-state index contributed by atoms with van der Waals surface area (Å²) in [5.41, 5.74) is -0.322. The Labute approximate surface area is 131 Å². The van der Waals surface area contributed by atoms with Gasteiger partial charge >= 0.3 is 5.97 Å². The Balaban J connectivity index is 2.83. The summed E-state index contributed by atoms with van der Waals surface area (Å²) in [6.07, 6.45) is -0.180. The van der Waals surface area contributed by atoms with E-state index in [-0.39, 0.29) is 24.7 Å². The second-order valence-corrected chi connectivity index (χ2v) is 6.46. The molecule has 0 fully saturated rings. The molecule has 0 aliphatic carbocycles. The SMILES string of the molecule is CC(C)C(C)(CC(=O)O)NC(=O)Cc1cc(F)ccc1Br. The van der Waals surface area contributed by atoms with Crippen molar-refractivity contribution in [1.82, 2.24) is 5.32 Å². The number of benzene rings is 1. The first-order valence-corrected chi connectivity index (χ1v) is 7.40. The van der Waals surface area contributed by atoms with Gasteiger partial charge in [-0.25, -0.2) is 4.39 Å². The lowest BCUT2D eigenvalue weighted by Gasteiger charge is -2.33. The van der Waals surface area contributed by atoms with Gasteiger partial charge in [-0.05, 0) is 36.6 Å². The molecule has 2 N–H and O–H groups in total. The van der Waals surface area contributed by atoms with Crippen molar-refractivity contribution in [3.63, 3.8) is 0 Å². The fourth-order valence-electron chi connectivity index (χ4n) is 1.92. The molecule has 0 saturated carbocycles. The quantitative estimate of drug-likeness (QED) is 0.819. The summed E-state index contributed by atoms with van der Waals surface area (Å²) in [6, 6.07) is 4.12. The van der Waals surface area contributed by atoms with Gasteiger partial charge in [0, 0.05) is 10.0 Å². The molecule has 0 spiro atoms. The third kappa shape index (κ3) is 5.12. The summed E-state index contributed by atoms with van der Waals surface area (Å²) in [5, 5.41) is 11.7. The highest BCUT2D eigenvalue weighted by molar-refractivity contribution is 9.10. The summed E-state index contributed by atoms with van der Waals surface area (Å²) in [7, 11) is 0. The van der Waals surface area contributed by atoms with Gasteiger partial charge in [-0.2, -0.15) is 0 Å². The lowest BCUT2D eigenvalue weighted by atomic mass is 9.85. The molecule has 0 aliphatic heterocycles. The number of hydrogen-bond donors (Lipinski definition) is 2. The van der Waals surface area contributed by atoms with Crippen LogP contribution in [-0.2, 0) is 16.0 Å². The van der Waals surface area contributed by atoms with Gasteiger partial charge in [-0.3, -0.25) is 9.59 Å². The van der Waals surface area contributed by atoms with Crippen molar-refractivity contribution in [2.75, 3.05) is 0 Å². The number of hydrogen-bond acceptors (Lipinski definition) is 2. The van der Waals surface area contributed by atoms with Crippen molar-refractivity contribution < 1.29 is 19.1 Å². The lowest BCUT2D eigenvalue weighted by Crippen LogP contribution is -2.51. The zero-order valence-corrected chi connectivity index (χ0v) is 13.8. The van der Waals surface area contributed by atoms with Gasteiger partial charge < -0.3 is 10.4 Å². The first-order valence-electron chi connectivity index (χ1n) is 6.61. The van der Waals surface area contributed by atoms with Gasteiger partial charge in [0.1, 0.15) is 5.82 Å². The topological polar surface area (TPSA) is 66.4 Å². The largest absolute Gasteiger partial charge is 0.481 e. The standard InChI is InChI=1S/C15H19BrFNO3/c1-9(2)15(3,8-14(20)21)18-13(19)7-10-6-11(17)4-5-12(10)16/h4-6,9H,7-8H2,1-3H3,(H,18,19)(H,20,21). The predicted molar refractivity (Wildman–Crippen MR) is 81.4 cm³/mol. The van der Waals surface area contributed by atoms with Crippen LogP contribution in [0.2, 0.25) is 0 Å². The molecular formula is C15H19BrFNO3. The van der Waals surface area contributed by atoms with E-state index in [9.17, 15) is 14.0 Å². The number of rotatable bonds is 6. The van der Waals surface area contributed by atoms with E-state index < -0.39 is 17.3 Å². The summed E-state index contributed by atoms with van der Waals surface area (Å²) < 4.78 is 13.8. The van der Waals surface area contributed by atoms with Crippen molar-refractivity contribution in [1.29, 1.82) is 0 Å². The van der Waals surface area contributed by atoms with Crippen molar-refractivity contribution in [2.45, 2.75) is 39.2 Å². The summed E-state index contributed by atoms with van der Waals surface area (Å²) in [4.78, 5) is 23.1. The third-order valence-electron chi connectivity index (χ3n) is 3.58. The average Bonchev–Trinajstić information content (AvgIpc) is 2.32. The number of carbonyl (C=O) groups excluding carboxylic acids is 1. The molecule has 0 radical (unpaired) electrons. The van der Waals surface area contributed by atoms with Gasteiger partial charge in [-0.15, -0.1) is 0 Å². The van der Waals surface area contributed by atoms with Crippen LogP contribution in [0.5, 0.6) is 0 Å². The second-order valence-electron chi connectivity index (χ2n) is 5.60. The van der Waals surface area contributed by atoms with Crippen LogP contribution in [-0.4, -0.2) is 22.5 Å². The maximum atomic E-state index is 13.2. The van der Waals surface area contributed by atoms with Gasteiger partial charge in [-0.1, -0.05) is 29.8 Å². The Kier molecular flexibility index (Phi) is 5.89. The van der Waals surface area contributed by atoms with Gasteiger partial charge in [0.25, 0.3) is 0 Å². The van der Waals surface area contributed by atoms with Crippen LogP contribution < -0.4 is 5.32 Å². The molecule has 4 nitrogen and oxygen atoms in total. The second kappa shape index (κ2) is 7.02. The molecule has 1 aromatic rings. The Hall–Kier alpha value is -1.43. The van der Waals surface area contributed by atoms with E-state index in [1.165, 1.54) is 18.2 Å². The van der Waals surface area contributed by atoms with Crippen LogP contribution in [0.1, 0.15) is 32.8 Å². The van der Waals surface area contributed by atoms with E-state index in [4.69, 9.17) is 5.11 Å². The van der Waals surface area contributed by atoms with E-state index in [0.717, 1.165) is 0 Å². The Morgan fingerprint density at radius 1 is 1.43 bits per heavy atom. The lowest BCUT2D eigenvalue weighted by molar-refractivity contribution is -0.139. The third-order valence-corrected chi connectivity index (χ3v) is 4.35. The minimum absolute atomic E-state index is 0.0136. The summed E-state index contributed by atoms with van der Waals surface area (Å²) in [5.74, 6) is -1.77. The number of halogens is 2. The molecule has 1 atom stereocenters. The zero-order valence-electron chi connectivity index (χ0n) is 12.2. The van der Waals surface area contributed by atoms with E-state index in [2.05, 4.69) is 21.2 Å². The molecule has 0 heterocycles. The minimum atomic E-state index is -0.974. The number of carboxylic acids is 1. The summed E-state index contributed by atoms with van der Waals surface area (Å²) >= 11 is 3.27. The zero-order chi connectivity index (χ0) is 16.2. The van der Waals surface area contributed by atoms with Crippen molar-refractivity contribution >= 4 is 27.8 Å². The predicted octanol–water partition coefficient (Wildman–Crippen LogP) is 3.14. The highest BCUT2D eigenvalue weighted by Gasteiger charge is 2.32. The van der Waals surface area contributed by atoms with Crippen molar-refractivity contribution in [3.05, 3.63) is 34.1 Å². The fourth-order valence-corrected chi connectivity index (χ4v) is 2.31. The first kappa shape index (κ1) is 17.6. The van der Waals surface area contributed by atoms with Crippen LogP contribution >= 0.6 is 15.9 Å². The van der Waals surface area contributed by atoms with E-state index in [1.807, 2.05) is 13.8 Å².